The number of anilines is 1. The Balaban J connectivity index is 2.75. The van der Waals surface area contributed by atoms with E-state index in [1.54, 1.807) is 11.6 Å². The molecule has 0 spiro atoms. The molecule has 6 nitrogen and oxygen atoms in total. The van der Waals surface area contributed by atoms with Gasteiger partial charge in [-0.2, -0.15) is 0 Å². The maximum atomic E-state index is 10.6. The van der Waals surface area contributed by atoms with Crippen molar-refractivity contribution < 1.29 is 4.92 Å². The Morgan fingerprint density at radius 3 is 2.93 bits per heavy atom. The lowest BCUT2D eigenvalue weighted by Gasteiger charge is -2.10. The molecule has 1 N–H and O–H groups in total. The number of rotatable bonds is 5. The first-order valence-corrected chi connectivity index (χ1v) is 4.95. The number of hydrogen-bond acceptors (Lipinski definition) is 4. The zero-order chi connectivity index (χ0) is 11.4. The van der Waals surface area contributed by atoms with Crippen LogP contribution in [0.2, 0.25) is 0 Å². The summed E-state index contributed by atoms with van der Waals surface area (Å²) in [6.45, 7) is 4.90. The Kier molecular flexibility index (Phi) is 3.65. The number of hydrogen-bond donors (Lipinski definition) is 1. The molecule has 0 amide bonds. The normalized spacial score (nSPS) is 12.5. The van der Waals surface area contributed by atoms with Crippen LogP contribution in [0, 0.1) is 16.0 Å². The minimum absolute atomic E-state index is 0.110. The van der Waals surface area contributed by atoms with E-state index in [0.717, 1.165) is 13.0 Å². The highest BCUT2D eigenvalue weighted by atomic mass is 16.6. The van der Waals surface area contributed by atoms with Crippen LogP contribution >= 0.6 is 0 Å². The fourth-order valence-corrected chi connectivity index (χ4v) is 1.17. The van der Waals surface area contributed by atoms with Crippen molar-refractivity contribution in [3.63, 3.8) is 0 Å². The van der Waals surface area contributed by atoms with Crippen LogP contribution in [-0.4, -0.2) is 21.0 Å². The maximum Gasteiger partial charge on any atom is 0.406 e. The Morgan fingerprint density at radius 2 is 2.40 bits per heavy atom. The van der Waals surface area contributed by atoms with Crippen LogP contribution in [0.1, 0.15) is 20.3 Å². The van der Waals surface area contributed by atoms with Crippen molar-refractivity contribution in [3.8, 4) is 0 Å². The second-order valence-electron chi connectivity index (χ2n) is 3.68. The molecule has 0 saturated carbocycles. The minimum atomic E-state index is -0.473. The van der Waals surface area contributed by atoms with E-state index in [1.165, 1.54) is 6.33 Å². The molecule has 1 rings (SSSR count). The van der Waals surface area contributed by atoms with Crippen molar-refractivity contribution in [2.75, 3.05) is 11.9 Å². The zero-order valence-electron chi connectivity index (χ0n) is 9.23. The summed E-state index contributed by atoms with van der Waals surface area (Å²) in [6.07, 6.45) is 2.48. The van der Waals surface area contributed by atoms with Gasteiger partial charge in [-0.25, -0.2) is 0 Å². The quantitative estimate of drug-likeness (QED) is 0.596. The summed E-state index contributed by atoms with van der Waals surface area (Å²) in [5, 5.41) is 13.7. The zero-order valence-corrected chi connectivity index (χ0v) is 9.23. The van der Waals surface area contributed by atoms with E-state index in [1.807, 2.05) is 0 Å². The molecule has 1 unspecified atom stereocenters. The molecule has 84 valence electrons. The van der Waals surface area contributed by atoms with Gasteiger partial charge in [-0.15, -0.1) is 0 Å². The lowest BCUT2D eigenvalue weighted by molar-refractivity contribution is -0.388. The SMILES string of the molecule is CCC(C)CNc1c([N+](=O)[O-])ncn1C. The van der Waals surface area contributed by atoms with E-state index in [9.17, 15) is 10.1 Å². The fraction of sp³-hybridized carbons (Fsp3) is 0.667. The van der Waals surface area contributed by atoms with Gasteiger partial charge in [0, 0.05) is 13.6 Å². The molecule has 0 aliphatic carbocycles. The highest BCUT2D eigenvalue weighted by Gasteiger charge is 2.19. The molecular weight excluding hydrogens is 196 g/mol. The third kappa shape index (κ3) is 2.68. The first-order valence-electron chi connectivity index (χ1n) is 4.95. The number of aromatic nitrogens is 2. The smallest absolute Gasteiger partial charge is 0.364 e. The van der Waals surface area contributed by atoms with Crippen LogP contribution in [0.4, 0.5) is 11.6 Å². The van der Waals surface area contributed by atoms with E-state index in [0.29, 0.717) is 11.7 Å². The van der Waals surface area contributed by atoms with Gasteiger partial charge in [-0.1, -0.05) is 20.3 Å². The molecule has 0 aliphatic heterocycles. The average molecular weight is 212 g/mol. The van der Waals surface area contributed by atoms with Crippen molar-refractivity contribution in [2.45, 2.75) is 20.3 Å². The van der Waals surface area contributed by atoms with Gasteiger partial charge in [0.2, 0.25) is 12.1 Å². The predicted molar refractivity (Wildman–Crippen MR) is 57.8 cm³/mol. The maximum absolute atomic E-state index is 10.6. The van der Waals surface area contributed by atoms with Gasteiger partial charge in [0.1, 0.15) is 0 Å². The number of imidazole rings is 1. The van der Waals surface area contributed by atoms with Crippen molar-refractivity contribution in [3.05, 3.63) is 16.4 Å². The standard InChI is InChI=1S/C9H16N4O2/c1-4-7(2)5-10-8-9(13(14)15)11-6-12(8)3/h6-7,10H,4-5H2,1-3H3. The van der Waals surface area contributed by atoms with E-state index >= 15 is 0 Å². The minimum Gasteiger partial charge on any atom is -0.364 e. The Bertz CT molecular complexity index is 348. The van der Waals surface area contributed by atoms with Gasteiger partial charge in [0.05, 0.1) is 0 Å². The van der Waals surface area contributed by atoms with Crippen LogP contribution in [0.3, 0.4) is 0 Å². The Labute approximate surface area is 88.5 Å². The summed E-state index contributed by atoms with van der Waals surface area (Å²) in [4.78, 5) is 13.9. The fourth-order valence-electron chi connectivity index (χ4n) is 1.17. The summed E-state index contributed by atoms with van der Waals surface area (Å²) in [7, 11) is 1.74. The van der Waals surface area contributed by atoms with Crippen molar-refractivity contribution in [1.82, 2.24) is 9.55 Å². The highest BCUT2D eigenvalue weighted by molar-refractivity contribution is 5.51. The topological polar surface area (TPSA) is 73.0 Å². The molecule has 1 aromatic rings. The molecule has 0 fully saturated rings. The monoisotopic (exact) mass is 212 g/mol. The molecule has 6 heteroatoms. The average Bonchev–Trinajstić information content (AvgIpc) is 2.56. The molecule has 0 bridgehead atoms. The first-order chi connectivity index (χ1) is 7.06. The van der Waals surface area contributed by atoms with Crippen LogP contribution in [0.5, 0.6) is 0 Å². The van der Waals surface area contributed by atoms with E-state index in [-0.39, 0.29) is 5.82 Å². The lowest BCUT2D eigenvalue weighted by atomic mass is 10.1. The predicted octanol–water partition coefficient (Wildman–Crippen LogP) is 1.79. The highest BCUT2D eigenvalue weighted by Crippen LogP contribution is 2.21. The van der Waals surface area contributed by atoms with Crippen molar-refractivity contribution in [1.29, 1.82) is 0 Å². The molecule has 0 saturated heterocycles. The lowest BCUT2D eigenvalue weighted by Crippen LogP contribution is -2.13. The van der Waals surface area contributed by atoms with Crippen LogP contribution in [0.15, 0.2) is 6.33 Å². The third-order valence-corrected chi connectivity index (χ3v) is 2.41. The van der Waals surface area contributed by atoms with E-state index in [2.05, 4.69) is 24.1 Å². The van der Waals surface area contributed by atoms with Gasteiger partial charge in [0.15, 0.2) is 0 Å². The molecule has 1 heterocycles. The Morgan fingerprint density at radius 1 is 1.73 bits per heavy atom. The molecule has 1 atom stereocenters. The van der Waals surface area contributed by atoms with E-state index < -0.39 is 4.92 Å². The third-order valence-electron chi connectivity index (χ3n) is 2.41. The Hall–Kier alpha value is -1.59. The van der Waals surface area contributed by atoms with Crippen LogP contribution < -0.4 is 5.32 Å². The number of aryl methyl sites for hydroxylation is 1. The molecular formula is C9H16N4O2. The van der Waals surface area contributed by atoms with Gasteiger partial charge >= 0.3 is 5.82 Å². The van der Waals surface area contributed by atoms with Crippen molar-refractivity contribution in [2.24, 2.45) is 13.0 Å². The van der Waals surface area contributed by atoms with Crippen molar-refractivity contribution >= 4 is 11.6 Å². The largest absolute Gasteiger partial charge is 0.406 e. The second-order valence-corrected chi connectivity index (χ2v) is 3.68. The van der Waals surface area contributed by atoms with Gasteiger partial charge in [0.25, 0.3) is 0 Å². The number of nitrogens with zero attached hydrogens (tertiary/aromatic N) is 3. The molecule has 0 aromatic carbocycles. The van der Waals surface area contributed by atoms with Gasteiger partial charge < -0.3 is 15.4 Å². The van der Waals surface area contributed by atoms with Crippen LogP contribution in [-0.2, 0) is 7.05 Å². The number of nitro groups is 1. The summed E-state index contributed by atoms with van der Waals surface area (Å²) in [5.74, 6) is 0.848. The number of nitrogens with one attached hydrogen (secondary N) is 1. The summed E-state index contributed by atoms with van der Waals surface area (Å²) < 4.78 is 1.63. The summed E-state index contributed by atoms with van der Waals surface area (Å²) in [5.41, 5.74) is 0. The molecule has 15 heavy (non-hydrogen) atoms. The van der Waals surface area contributed by atoms with E-state index in [4.69, 9.17) is 0 Å². The first kappa shape index (κ1) is 11.5. The molecule has 0 aliphatic rings. The summed E-state index contributed by atoms with van der Waals surface area (Å²) in [6, 6.07) is 0. The molecule has 1 aromatic heterocycles. The van der Waals surface area contributed by atoms with Crippen LogP contribution in [0.25, 0.3) is 0 Å². The molecule has 0 radical (unpaired) electrons. The van der Waals surface area contributed by atoms with Gasteiger partial charge in [-0.3, -0.25) is 4.57 Å². The summed E-state index contributed by atoms with van der Waals surface area (Å²) >= 11 is 0. The van der Waals surface area contributed by atoms with Gasteiger partial charge in [-0.05, 0) is 15.8 Å². The second kappa shape index (κ2) is 4.77.